The monoisotopic (exact) mass is 622 g/mol. The zero-order chi connectivity index (χ0) is 32.2. The van der Waals surface area contributed by atoms with Crippen LogP contribution in [0.4, 0.5) is 0 Å². The van der Waals surface area contributed by atoms with Crippen molar-refractivity contribution in [3.05, 3.63) is 157 Å². The minimum absolute atomic E-state index is 0.857. The molecular weight excluding hydrogens is 593 g/mol. The average molecular weight is 623 g/mol. The van der Waals surface area contributed by atoms with Gasteiger partial charge in [-0.2, -0.15) is 0 Å². The lowest BCUT2D eigenvalue weighted by atomic mass is 9.86. The molecule has 2 nitrogen and oxygen atoms in total. The SMILES string of the molecule is CCc1nc2ccccc2n1-c1ccc(-c2cc3ccc4cccc5c6cccc7ccc8cccc(c(c2)c3c45)c8c76)c2ccccc12. The molecule has 0 unspecified atom stereocenters. The Kier molecular flexibility index (Phi) is 5.40. The van der Waals surface area contributed by atoms with Gasteiger partial charge in [-0.1, -0.05) is 128 Å². The minimum atomic E-state index is 0.857. The lowest BCUT2D eigenvalue weighted by Crippen LogP contribution is -2.01. The summed E-state index contributed by atoms with van der Waals surface area (Å²) in [5.74, 6) is 1.08. The Morgan fingerprint density at radius 1 is 0.449 bits per heavy atom. The molecule has 0 saturated carbocycles. The maximum Gasteiger partial charge on any atom is 0.114 e. The molecule has 0 radical (unpaired) electrons. The molecule has 2 heteroatoms. The molecule has 0 aliphatic carbocycles. The van der Waals surface area contributed by atoms with E-state index in [0.29, 0.717) is 0 Å². The summed E-state index contributed by atoms with van der Waals surface area (Å²) in [5.41, 5.74) is 5.81. The van der Waals surface area contributed by atoms with Crippen LogP contribution in [0.25, 0.3) is 103 Å². The number of para-hydroxylation sites is 2. The van der Waals surface area contributed by atoms with E-state index in [2.05, 4.69) is 163 Å². The summed E-state index contributed by atoms with van der Waals surface area (Å²) in [4.78, 5) is 5.01. The molecule has 0 amide bonds. The molecule has 0 aliphatic rings. The van der Waals surface area contributed by atoms with E-state index in [9.17, 15) is 0 Å². The van der Waals surface area contributed by atoms with Gasteiger partial charge in [0.15, 0.2) is 0 Å². The van der Waals surface area contributed by atoms with Gasteiger partial charge in [0, 0.05) is 11.8 Å². The van der Waals surface area contributed by atoms with Gasteiger partial charge in [-0.25, -0.2) is 4.98 Å². The van der Waals surface area contributed by atoms with Crippen molar-refractivity contribution < 1.29 is 0 Å². The quantitative estimate of drug-likeness (QED) is 0.179. The number of benzene rings is 9. The summed E-state index contributed by atoms with van der Waals surface area (Å²) in [5, 5.41) is 18.1. The predicted molar refractivity (Wildman–Crippen MR) is 210 cm³/mol. The second-order valence-electron chi connectivity index (χ2n) is 13.3. The molecule has 10 aromatic carbocycles. The van der Waals surface area contributed by atoms with Gasteiger partial charge in [0.25, 0.3) is 0 Å². The molecule has 228 valence electrons. The Balaban J connectivity index is 1.30. The molecular formula is C47H30N2. The largest absolute Gasteiger partial charge is 0.296 e. The summed E-state index contributed by atoms with van der Waals surface area (Å²) in [7, 11) is 0. The van der Waals surface area contributed by atoms with E-state index in [0.717, 1.165) is 23.3 Å². The molecule has 1 aromatic heterocycles. The number of aryl methyl sites for hydroxylation is 1. The van der Waals surface area contributed by atoms with Crippen LogP contribution in [0.1, 0.15) is 12.7 Å². The summed E-state index contributed by atoms with van der Waals surface area (Å²) in [6.45, 7) is 2.19. The highest BCUT2D eigenvalue weighted by Gasteiger charge is 2.19. The summed E-state index contributed by atoms with van der Waals surface area (Å²) < 4.78 is 2.35. The number of rotatable bonds is 3. The Hall–Kier alpha value is -6.25. The Bertz CT molecular complexity index is 3140. The van der Waals surface area contributed by atoms with Gasteiger partial charge in [0.05, 0.1) is 16.7 Å². The molecule has 0 bridgehead atoms. The van der Waals surface area contributed by atoms with Crippen molar-refractivity contribution >= 4 is 86.4 Å². The predicted octanol–water partition coefficient (Wildman–Crippen LogP) is 12.8. The smallest absolute Gasteiger partial charge is 0.114 e. The highest BCUT2D eigenvalue weighted by atomic mass is 15.1. The average Bonchev–Trinajstić information content (AvgIpc) is 3.54. The van der Waals surface area contributed by atoms with Crippen LogP contribution < -0.4 is 0 Å². The molecule has 0 fully saturated rings. The van der Waals surface area contributed by atoms with E-state index in [-0.39, 0.29) is 0 Å². The first-order chi connectivity index (χ1) is 24.3. The number of hydrogen-bond donors (Lipinski definition) is 0. The maximum atomic E-state index is 5.01. The van der Waals surface area contributed by atoms with Gasteiger partial charge in [-0.15, -0.1) is 0 Å². The molecule has 0 spiro atoms. The van der Waals surface area contributed by atoms with Crippen LogP contribution in [0.2, 0.25) is 0 Å². The van der Waals surface area contributed by atoms with Crippen LogP contribution in [-0.4, -0.2) is 9.55 Å². The highest BCUT2D eigenvalue weighted by Crippen LogP contribution is 2.45. The van der Waals surface area contributed by atoms with Crippen molar-refractivity contribution in [3.8, 4) is 16.8 Å². The molecule has 0 saturated heterocycles. The van der Waals surface area contributed by atoms with E-state index in [1.54, 1.807) is 0 Å². The highest BCUT2D eigenvalue weighted by molar-refractivity contribution is 6.37. The lowest BCUT2D eigenvalue weighted by Gasteiger charge is -2.18. The normalized spacial score (nSPS) is 12.3. The van der Waals surface area contributed by atoms with Gasteiger partial charge < -0.3 is 0 Å². The molecule has 49 heavy (non-hydrogen) atoms. The first-order valence-corrected chi connectivity index (χ1v) is 17.2. The van der Waals surface area contributed by atoms with Crippen molar-refractivity contribution in [2.45, 2.75) is 13.3 Å². The number of imidazole rings is 1. The van der Waals surface area contributed by atoms with E-state index in [1.807, 2.05) is 0 Å². The van der Waals surface area contributed by atoms with E-state index in [4.69, 9.17) is 4.98 Å². The second kappa shape index (κ2) is 9.88. The first-order valence-electron chi connectivity index (χ1n) is 17.2. The van der Waals surface area contributed by atoms with E-state index in [1.165, 1.54) is 92.2 Å². The van der Waals surface area contributed by atoms with Crippen LogP contribution in [-0.2, 0) is 6.42 Å². The lowest BCUT2D eigenvalue weighted by molar-refractivity contribution is 0.913. The van der Waals surface area contributed by atoms with E-state index >= 15 is 0 Å². The van der Waals surface area contributed by atoms with Gasteiger partial charge in [-0.3, -0.25) is 4.57 Å². The van der Waals surface area contributed by atoms with Crippen LogP contribution in [0, 0.1) is 0 Å². The summed E-state index contributed by atoms with van der Waals surface area (Å²) in [6, 6.07) is 56.4. The Morgan fingerprint density at radius 2 is 1.00 bits per heavy atom. The van der Waals surface area contributed by atoms with Crippen LogP contribution in [0.15, 0.2) is 152 Å². The number of hydrogen-bond acceptors (Lipinski definition) is 1. The van der Waals surface area contributed by atoms with Crippen molar-refractivity contribution in [2.24, 2.45) is 0 Å². The molecule has 0 N–H and O–H groups in total. The van der Waals surface area contributed by atoms with Crippen molar-refractivity contribution in [1.82, 2.24) is 9.55 Å². The fourth-order valence-electron chi connectivity index (χ4n) is 8.75. The molecule has 11 rings (SSSR count). The fraction of sp³-hybridized carbons (Fsp3) is 0.0426. The van der Waals surface area contributed by atoms with Gasteiger partial charge >= 0.3 is 0 Å². The number of aromatic nitrogens is 2. The zero-order valence-electron chi connectivity index (χ0n) is 27.0. The number of fused-ring (bicyclic) bond motifs is 4. The second-order valence-corrected chi connectivity index (χ2v) is 13.3. The molecule has 0 aliphatic heterocycles. The van der Waals surface area contributed by atoms with Crippen LogP contribution >= 0.6 is 0 Å². The van der Waals surface area contributed by atoms with Crippen molar-refractivity contribution in [1.29, 1.82) is 0 Å². The third-order valence-electron chi connectivity index (χ3n) is 10.8. The Morgan fingerprint density at radius 3 is 1.67 bits per heavy atom. The third kappa shape index (κ3) is 3.63. The molecule has 1 heterocycles. The van der Waals surface area contributed by atoms with Gasteiger partial charge in [-0.05, 0) is 111 Å². The van der Waals surface area contributed by atoms with Crippen LogP contribution in [0.3, 0.4) is 0 Å². The zero-order valence-corrected chi connectivity index (χ0v) is 27.0. The first kappa shape index (κ1) is 26.8. The fourth-order valence-corrected chi connectivity index (χ4v) is 8.75. The molecule has 0 atom stereocenters. The molecule has 11 aromatic rings. The number of nitrogens with zero attached hydrogens (tertiary/aromatic N) is 2. The maximum absolute atomic E-state index is 5.01. The van der Waals surface area contributed by atoms with Gasteiger partial charge in [0.2, 0.25) is 0 Å². The standard InChI is InChI=1S/C47H30N2/c1-2-43-48-40-18-5-6-19-42(40)49(43)41-25-24-33(34-13-3-4-14-35(34)41)32-26-31-23-22-30-11-8-16-37-36-15-7-10-28-20-21-29-12-9-17-38(46(29)44(28)36)39(27-32)47(31)45(30)37/h3-27H,2H2,1H3. The van der Waals surface area contributed by atoms with Crippen LogP contribution in [0.5, 0.6) is 0 Å². The third-order valence-corrected chi connectivity index (χ3v) is 10.8. The minimum Gasteiger partial charge on any atom is -0.296 e. The van der Waals surface area contributed by atoms with Crippen molar-refractivity contribution in [3.63, 3.8) is 0 Å². The van der Waals surface area contributed by atoms with Gasteiger partial charge in [0.1, 0.15) is 5.82 Å². The van der Waals surface area contributed by atoms with Crippen molar-refractivity contribution in [2.75, 3.05) is 0 Å². The topological polar surface area (TPSA) is 17.8 Å². The Labute approximate surface area is 282 Å². The summed E-state index contributed by atoms with van der Waals surface area (Å²) >= 11 is 0. The van der Waals surface area contributed by atoms with E-state index < -0.39 is 0 Å². The summed E-state index contributed by atoms with van der Waals surface area (Å²) in [6.07, 6.45) is 0.857.